The third-order valence-electron chi connectivity index (χ3n) is 3.02. The second-order valence-electron chi connectivity index (χ2n) is 4.43. The minimum Gasteiger partial charge on any atom is -0.479 e. The monoisotopic (exact) mass is 263 g/mol. The molecule has 19 heavy (non-hydrogen) atoms. The number of urea groups is 1. The third kappa shape index (κ3) is 2.53. The van der Waals surface area contributed by atoms with Crippen LogP contribution in [0.1, 0.15) is 12.5 Å². The smallest absolute Gasteiger partial charge is 0.326 e. The number of nitrogens with zero attached hydrogens (tertiary/aromatic N) is 1. The largest absolute Gasteiger partial charge is 0.479 e. The molecule has 1 unspecified atom stereocenters. The van der Waals surface area contributed by atoms with E-state index >= 15 is 0 Å². The van der Waals surface area contributed by atoms with E-state index in [1.54, 1.807) is 19.1 Å². The fourth-order valence-corrected chi connectivity index (χ4v) is 2.03. The van der Waals surface area contributed by atoms with Crippen molar-refractivity contribution in [2.24, 2.45) is 5.73 Å². The SMILES string of the molecule is CNCCc1ccc2c(c1)N(C(N)=O)C(=O)C(C)O2. The number of hydrogen-bond acceptors (Lipinski definition) is 4. The van der Waals surface area contributed by atoms with E-state index in [0.717, 1.165) is 23.4 Å². The molecule has 0 aromatic heterocycles. The molecule has 1 heterocycles. The number of nitrogens with one attached hydrogen (secondary N) is 1. The molecule has 102 valence electrons. The lowest BCUT2D eigenvalue weighted by molar-refractivity contribution is -0.124. The van der Waals surface area contributed by atoms with Crippen LogP contribution in [0.2, 0.25) is 0 Å². The van der Waals surface area contributed by atoms with E-state index in [2.05, 4.69) is 5.32 Å². The topological polar surface area (TPSA) is 84.7 Å². The Morgan fingerprint density at radius 3 is 2.89 bits per heavy atom. The van der Waals surface area contributed by atoms with Gasteiger partial charge >= 0.3 is 6.03 Å². The molecule has 1 aromatic rings. The molecule has 3 N–H and O–H groups in total. The summed E-state index contributed by atoms with van der Waals surface area (Å²) in [4.78, 5) is 24.4. The molecule has 0 saturated carbocycles. The Morgan fingerprint density at radius 1 is 1.53 bits per heavy atom. The van der Waals surface area contributed by atoms with Crippen molar-refractivity contribution in [1.82, 2.24) is 5.32 Å². The van der Waals surface area contributed by atoms with Gasteiger partial charge in [0.05, 0.1) is 5.69 Å². The van der Waals surface area contributed by atoms with Crippen LogP contribution in [0.4, 0.5) is 10.5 Å². The maximum absolute atomic E-state index is 11.9. The van der Waals surface area contributed by atoms with Crippen molar-refractivity contribution in [3.63, 3.8) is 0 Å². The second-order valence-corrected chi connectivity index (χ2v) is 4.43. The average molecular weight is 263 g/mol. The Labute approximate surface area is 111 Å². The van der Waals surface area contributed by atoms with Crippen LogP contribution in [-0.4, -0.2) is 31.6 Å². The number of imide groups is 1. The summed E-state index contributed by atoms with van der Waals surface area (Å²) in [6, 6.07) is 4.66. The molecule has 1 aliphatic rings. The quantitative estimate of drug-likeness (QED) is 0.838. The molecule has 3 amide bonds. The zero-order valence-electron chi connectivity index (χ0n) is 11.0. The number of likely N-dealkylation sites (N-methyl/N-ethyl adjacent to an activating group) is 1. The van der Waals surface area contributed by atoms with Gasteiger partial charge in [0.2, 0.25) is 0 Å². The molecule has 1 aromatic carbocycles. The highest BCUT2D eigenvalue weighted by atomic mass is 16.5. The lowest BCUT2D eigenvalue weighted by Gasteiger charge is -2.30. The average Bonchev–Trinajstić information content (AvgIpc) is 2.37. The van der Waals surface area contributed by atoms with Crippen LogP contribution in [-0.2, 0) is 11.2 Å². The van der Waals surface area contributed by atoms with Crippen LogP contribution in [0.15, 0.2) is 18.2 Å². The molecule has 2 rings (SSSR count). The van der Waals surface area contributed by atoms with Crippen molar-refractivity contribution in [2.75, 3.05) is 18.5 Å². The van der Waals surface area contributed by atoms with Gasteiger partial charge in [0.25, 0.3) is 5.91 Å². The van der Waals surface area contributed by atoms with Crippen LogP contribution >= 0.6 is 0 Å². The standard InChI is InChI=1S/C13H17N3O3/c1-8-12(17)16(13(14)18)10-7-9(5-6-15-2)3-4-11(10)19-8/h3-4,7-8,15H,5-6H2,1-2H3,(H2,14,18). The summed E-state index contributed by atoms with van der Waals surface area (Å²) in [5, 5.41) is 3.04. The Kier molecular flexibility index (Phi) is 3.71. The first-order valence-electron chi connectivity index (χ1n) is 6.12. The molecular formula is C13H17N3O3. The summed E-state index contributed by atoms with van der Waals surface area (Å²) in [6.07, 6.45) is 0.0864. The number of carbonyl (C=O) groups excluding carboxylic acids is 2. The van der Waals surface area contributed by atoms with Crippen LogP contribution in [0, 0.1) is 0 Å². The zero-order chi connectivity index (χ0) is 14.0. The molecule has 0 spiro atoms. The van der Waals surface area contributed by atoms with Gasteiger partial charge in [-0.05, 0) is 44.6 Å². The van der Waals surface area contributed by atoms with Crippen molar-refractivity contribution in [3.8, 4) is 5.75 Å². The Balaban J connectivity index is 2.40. The molecule has 0 saturated heterocycles. The van der Waals surface area contributed by atoms with Crippen molar-refractivity contribution in [2.45, 2.75) is 19.4 Å². The summed E-state index contributed by atoms with van der Waals surface area (Å²) in [7, 11) is 1.86. The van der Waals surface area contributed by atoms with Crippen molar-refractivity contribution in [3.05, 3.63) is 23.8 Å². The van der Waals surface area contributed by atoms with E-state index < -0.39 is 18.0 Å². The van der Waals surface area contributed by atoms with E-state index in [1.165, 1.54) is 0 Å². The van der Waals surface area contributed by atoms with E-state index in [1.807, 2.05) is 13.1 Å². The first kappa shape index (κ1) is 13.4. The minimum absolute atomic E-state index is 0.421. The van der Waals surface area contributed by atoms with Gasteiger partial charge in [0.15, 0.2) is 6.10 Å². The number of benzene rings is 1. The fourth-order valence-electron chi connectivity index (χ4n) is 2.03. The van der Waals surface area contributed by atoms with E-state index in [0.29, 0.717) is 11.4 Å². The molecular weight excluding hydrogens is 246 g/mol. The first-order chi connectivity index (χ1) is 9.04. The molecule has 0 aliphatic carbocycles. The van der Waals surface area contributed by atoms with Crippen molar-refractivity contribution >= 4 is 17.6 Å². The van der Waals surface area contributed by atoms with E-state index in [9.17, 15) is 9.59 Å². The van der Waals surface area contributed by atoms with Gasteiger partial charge in [0, 0.05) is 0 Å². The number of fused-ring (bicyclic) bond motifs is 1. The van der Waals surface area contributed by atoms with Crippen LogP contribution < -0.4 is 20.7 Å². The zero-order valence-corrected chi connectivity index (χ0v) is 11.0. The number of rotatable bonds is 3. The van der Waals surface area contributed by atoms with Crippen LogP contribution in [0.5, 0.6) is 5.75 Å². The van der Waals surface area contributed by atoms with Crippen LogP contribution in [0.3, 0.4) is 0 Å². The highest BCUT2D eigenvalue weighted by Crippen LogP contribution is 2.34. The molecule has 0 fully saturated rings. The fraction of sp³-hybridized carbons (Fsp3) is 0.385. The van der Waals surface area contributed by atoms with Gasteiger partial charge in [-0.3, -0.25) is 4.79 Å². The summed E-state index contributed by atoms with van der Waals surface area (Å²) in [5.41, 5.74) is 6.71. The molecule has 1 atom stereocenters. The second kappa shape index (κ2) is 5.27. The van der Waals surface area contributed by atoms with Gasteiger partial charge in [-0.25, -0.2) is 9.69 Å². The number of hydrogen-bond donors (Lipinski definition) is 2. The number of carbonyl (C=O) groups is 2. The van der Waals surface area contributed by atoms with E-state index in [4.69, 9.17) is 10.5 Å². The maximum atomic E-state index is 11.9. The number of ether oxygens (including phenoxy) is 1. The Hall–Kier alpha value is -2.08. The lowest BCUT2D eigenvalue weighted by Crippen LogP contribution is -2.50. The van der Waals surface area contributed by atoms with Crippen LogP contribution in [0.25, 0.3) is 0 Å². The van der Waals surface area contributed by atoms with Gasteiger partial charge in [0.1, 0.15) is 5.75 Å². The maximum Gasteiger partial charge on any atom is 0.326 e. The third-order valence-corrected chi connectivity index (χ3v) is 3.02. The van der Waals surface area contributed by atoms with Gasteiger partial charge in [-0.2, -0.15) is 0 Å². The predicted molar refractivity (Wildman–Crippen MR) is 71.2 cm³/mol. The van der Waals surface area contributed by atoms with Gasteiger partial charge in [-0.15, -0.1) is 0 Å². The summed E-state index contributed by atoms with van der Waals surface area (Å²) >= 11 is 0. The van der Waals surface area contributed by atoms with Crippen molar-refractivity contribution in [1.29, 1.82) is 0 Å². The summed E-state index contributed by atoms with van der Waals surface area (Å²) in [6.45, 7) is 2.40. The minimum atomic E-state index is -0.785. The summed E-state index contributed by atoms with van der Waals surface area (Å²) < 4.78 is 5.47. The molecule has 1 aliphatic heterocycles. The number of anilines is 1. The van der Waals surface area contributed by atoms with E-state index in [-0.39, 0.29) is 0 Å². The summed E-state index contributed by atoms with van der Waals surface area (Å²) in [5.74, 6) is 0.0601. The Bertz CT molecular complexity index is 516. The van der Waals surface area contributed by atoms with Gasteiger partial charge < -0.3 is 15.8 Å². The number of primary amides is 1. The molecule has 0 radical (unpaired) electrons. The highest BCUT2D eigenvalue weighted by Gasteiger charge is 2.34. The predicted octanol–water partition coefficient (Wildman–Crippen LogP) is 0.641. The molecule has 6 heteroatoms. The molecule has 0 bridgehead atoms. The Morgan fingerprint density at radius 2 is 2.26 bits per heavy atom. The number of nitrogens with two attached hydrogens (primary N) is 1. The van der Waals surface area contributed by atoms with Gasteiger partial charge in [-0.1, -0.05) is 6.07 Å². The lowest BCUT2D eigenvalue weighted by atomic mass is 10.1. The first-order valence-corrected chi connectivity index (χ1v) is 6.12. The number of amides is 3. The van der Waals surface area contributed by atoms with Crippen molar-refractivity contribution < 1.29 is 14.3 Å². The normalized spacial score (nSPS) is 17.9. The molecule has 6 nitrogen and oxygen atoms in total. The highest BCUT2D eigenvalue weighted by molar-refractivity contribution is 6.17.